The van der Waals surface area contributed by atoms with E-state index in [-0.39, 0.29) is 22.2 Å². The number of H-pyrrole nitrogens is 1. The summed E-state index contributed by atoms with van der Waals surface area (Å²) in [6.45, 7) is 0. The Morgan fingerprint density at radius 3 is 2.56 bits per heavy atom. The SMILES string of the molecule is COc1ccc(Nc2nc3c(c(=O)[nH]2)=C(C(=O)NC(N)=O)CC(=O)N=3)cc1. The molecule has 11 nitrogen and oxygen atoms in total. The molecule has 0 spiro atoms. The number of benzene rings is 1. The van der Waals surface area contributed by atoms with Gasteiger partial charge in [0.25, 0.3) is 17.4 Å². The van der Waals surface area contributed by atoms with Crippen LogP contribution in [-0.2, 0) is 9.59 Å². The molecule has 0 aliphatic carbocycles. The summed E-state index contributed by atoms with van der Waals surface area (Å²) >= 11 is 0. The van der Waals surface area contributed by atoms with Crippen molar-refractivity contribution in [1.29, 1.82) is 0 Å². The molecular weight excluding hydrogens is 356 g/mol. The normalized spacial score (nSPS) is 12.6. The lowest BCUT2D eigenvalue weighted by atomic mass is 10.1. The number of rotatable bonds is 4. The van der Waals surface area contributed by atoms with Crippen molar-refractivity contribution < 1.29 is 19.1 Å². The monoisotopic (exact) mass is 370 g/mol. The van der Waals surface area contributed by atoms with Gasteiger partial charge in [0.15, 0.2) is 5.49 Å². The molecule has 2 heterocycles. The number of aromatic amines is 1. The van der Waals surface area contributed by atoms with Crippen LogP contribution in [0.5, 0.6) is 5.75 Å². The van der Waals surface area contributed by atoms with Crippen molar-refractivity contribution in [3.05, 3.63) is 45.3 Å². The number of nitrogens with two attached hydrogens (primary N) is 1. The van der Waals surface area contributed by atoms with Crippen LogP contribution in [0.3, 0.4) is 0 Å². The molecule has 5 N–H and O–H groups in total. The van der Waals surface area contributed by atoms with Crippen molar-refractivity contribution in [1.82, 2.24) is 15.3 Å². The quantitative estimate of drug-likeness (QED) is 0.503. The molecule has 0 saturated carbocycles. The molecule has 4 amide bonds. The van der Waals surface area contributed by atoms with Crippen LogP contribution in [0, 0.1) is 0 Å². The standard InChI is InChI=1S/C16H14N6O5/c1-27-8-4-2-7(3-5-8)18-16-20-12-11(14(25)22-16)9(6-10(23)19-12)13(24)21-15(17)26/h2-5H,6H2,1H3,(H3,17,21,24,26)(H2,18,19,20,22,23,25). The number of nitrogens with one attached hydrogen (secondary N) is 3. The van der Waals surface area contributed by atoms with Crippen LogP contribution in [-0.4, -0.2) is 34.9 Å². The summed E-state index contributed by atoms with van der Waals surface area (Å²) < 4.78 is 5.06. The molecule has 1 aromatic heterocycles. The maximum Gasteiger partial charge on any atom is 0.319 e. The Morgan fingerprint density at radius 2 is 1.93 bits per heavy atom. The summed E-state index contributed by atoms with van der Waals surface area (Å²) in [5.74, 6) is -0.953. The molecule has 11 heteroatoms. The van der Waals surface area contributed by atoms with Gasteiger partial charge in [-0.3, -0.25) is 24.7 Å². The van der Waals surface area contributed by atoms with Crippen molar-refractivity contribution in [2.24, 2.45) is 10.7 Å². The van der Waals surface area contributed by atoms with E-state index >= 15 is 0 Å². The number of aromatic nitrogens is 2. The third-order valence-corrected chi connectivity index (χ3v) is 3.62. The highest BCUT2D eigenvalue weighted by atomic mass is 16.5. The average molecular weight is 370 g/mol. The fraction of sp³-hybridized carbons (Fsp3) is 0.125. The minimum absolute atomic E-state index is 0.0250. The molecule has 3 rings (SSSR count). The Balaban J connectivity index is 2.06. The molecule has 0 radical (unpaired) electrons. The molecule has 0 bridgehead atoms. The van der Waals surface area contributed by atoms with Crippen LogP contribution >= 0.6 is 0 Å². The van der Waals surface area contributed by atoms with Gasteiger partial charge < -0.3 is 15.8 Å². The third-order valence-electron chi connectivity index (χ3n) is 3.62. The molecule has 138 valence electrons. The predicted molar refractivity (Wildman–Crippen MR) is 92.7 cm³/mol. The second-order valence-corrected chi connectivity index (χ2v) is 5.45. The number of nitrogens with zero attached hydrogens (tertiary/aromatic N) is 2. The molecule has 27 heavy (non-hydrogen) atoms. The zero-order valence-corrected chi connectivity index (χ0v) is 14.0. The molecule has 2 aromatic rings. The van der Waals surface area contributed by atoms with E-state index in [0.717, 1.165) is 0 Å². The highest BCUT2D eigenvalue weighted by molar-refractivity contribution is 6.21. The van der Waals surface area contributed by atoms with Gasteiger partial charge in [0.05, 0.1) is 18.7 Å². The Hall–Kier alpha value is -4.02. The van der Waals surface area contributed by atoms with Gasteiger partial charge in [-0.25, -0.2) is 4.79 Å². The highest BCUT2D eigenvalue weighted by Gasteiger charge is 2.22. The van der Waals surface area contributed by atoms with E-state index in [1.165, 1.54) is 7.11 Å². The van der Waals surface area contributed by atoms with Crippen molar-refractivity contribution in [2.75, 3.05) is 12.4 Å². The first-order chi connectivity index (χ1) is 12.9. The summed E-state index contributed by atoms with van der Waals surface area (Å²) in [4.78, 5) is 57.4. The zero-order chi connectivity index (χ0) is 19.6. The van der Waals surface area contributed by atoms with E-state index in [1.807, 2.05) is 5.32 Å². The molecule has 0 fully saturated rings. The minimum Gasteiger partial charge on any atom is -0.497 e. The molecule has 1 aromatic carbocycles. The molecule has 1 aliphatic rings. The topological polar surface area (TPSA) is 169 Å². The number of anilines is 2. The first kappa shape index (κ1) is 17.8. The van der Waals surface area contributed by atoms with Crippen molar-refractivity contribution in [2.45, 2.75) is 6.42 Å². The van der Waals surface area contributed by atoms with Crippen LogP contribution in [0.1, 0.15) is 6.42 Å². The lowest BCUT2D eigenvalue weighted by molar-refractivity contribution is -0.119. The van der Waals surface area contributed by atoms with Gasteiger partial charge in [-0.15, -0.1) is 0 Å². The average Bonchev–Trinajstić information content (AvgIpc) is 2.60. The Bertz CT molecular complexity index is 1120. The molecule has 0 atom stereocenters. The smallest absolute Gasteiger partial charge is 0.319 e. The largest absolute Gasteiger partial charge is 0.497 e. The van der Waals surface area contributed by atoms with E-state index in [9.17, 15) is 19.2 Å². The summed E-state index contributed by atoms with van der Waals surface area (Å²) in [5.41, 5.74) is 4.36. The van der Waals surface area contributed by atoms with Gasteiger partial charge in [-0.2, -0.15) is 9.98 Å². The maximum atomic E-state index is 12.4. The molecular formula is C16H14N6O5. The number of imide groups is 1. The van der Waals surface area contributed by atoms with E-state index in [4.69, 9.17) is 10.5 Å². The van der Waals surface area contributed by atoms with Gasteiger partial charge in [0.2, 0.25) is 5.95 Å². The summed E-state index contributed by atoms with van der Waals surface area (Å²) in [7, 11) is 1.53. The first-order valence-electron chi connectivity index (χ1n) is 7.64. The first-order valence-corrected chi connectivity index (χ1v) is 7.64. The number of amides is 4. The van der Waals surface area contributed by atoms with E-state index in [0.29, 0.717) is 11.4 Å². The predicted octanol–water partition coefficient (Wildman–Crippen LogP) is -1.58. The number of methoxy groups -OCH3 is 1. The van der Waals surface area contributed by atoms with E-state index in [1.54, 1.807) is 24.3 Å². The number of urea groups is 1. The number of primary amides is 1. The van der Waals surface area contributed by atoms with Crippen LogP contribution < -0.4 is 37.4 Å². The Labute approximate surface area is 151 Å². The number of ether oxygens (including phenoxy) is 1. The van der Waals surface area contributed by atoms with Crippen LogP contribution in [0.25, 0.3) is 5.57 Å². The number of carbonyl (C=O) groups excluding carboxylic acids is 3. The number of hydrogen-bond donors (Lipinski definition) is 4. The van der Waals surface area contributed by atoms with Crippen LogP contribution in [0.2, 0.25) is 0 Å². The highest BCUT2D eigenvalue weighted by Crippen LogP contribution is 2.16. The van der Waals surface area contributed by atoms with E-state index < -0.39 is 29.8 Å². The Kier molecular flexibility index (Phi) is 4.66. The molecule has 0 unspecified atom stereocenters. The van der Waals surface area contributed by atoms with Gasteiger partial charge in [0, 0.05) is 11.3 Å². The lowest BCUT2D eigenvalue weighted by Gasteiger charge is -2.10. The van der Waals surface area contributed by atoms with E-state index in [2.05, 4.69) is 20.3 Å². The fourth-order valence-electron chi connectivity index (χ4n) is 2.46. The summed E-state index contributed by atoms with van der Waals surface area (Å²) in [6, 6.07) is 5.68. The van der Waals surface area contributed by atoms with Gasteiger partial charge >= 0.3 is 6.03 Å². The second-order valence-electron chi connectivity index (χ2n) is 5.45. The van der Waals surface area contributed by atoms with Crippen molar-refractivity contribution >= 4 is 35.1 Å². The Morgan fingerprint density at radius 1 is 1.22 bits per heavy atom. The van der Waals surface area contributed by atoms with Crippen molar-refractivity contribution in [3.63, 3.8) is 0 Å². The maximum absolute atomic E-state index is 12.4. The van der Waals surface area contributed by atoms with Gasteiger partial charge in [0.1, 0.15) is 5.75 Å². The molecule has 0 saturated heterocycles. The summed E-state index contributed by atoms with van der Waals surface area (Å²) in [6.07, 6.45) is -0.442. The van der Waals surface area contributed by atoms with Gasteiger partial charge in [-0.1, -0.05) is 0 Å². The summed E-state index contributed by atoms with van der Waals surface area (Å²) in [5, 5.41) is 4.50. The number of carbonyl (C=O) groups is 3. The molecule has 1 aliphatic heterocycles. The zero-order valence-electron chi connectivity index (χ0n) is 14.0. The third kappa shape index (κ3) is 3.81. The van der Waals surface area contributed by atoms with Crippen LogP contribution in [0.4, 0.5) is 16.4 Å². The lowest BCUT2D eigenvalue weighted by Crippen LogP contribution is -2.51. The number of fused-ring (bicyclic) bond motifs is 1. The second kappa shape index (κ2) is 7.07. The van der Waals surface area contributed by atoms with Crippen molar-refractivity contribution in [3.8, 4) is 5.75 Å². The number of hydrogen-bond acceptors (Lipinski definition) is 7. The van der Waals surface area contributed by atoms with Gasteiger partial charge in [-0.05, 0) is 24.3 Å². The fourth-order valence-corrected chi connectivity index (χ4v) is 2.46. The van der Waals surface area contributed by atoms with Crippen LogP contribution in [0.15, 0.2) is 34.1 Å². The minimum atomic E-state index is -1.11.